The maximum absolute atomic E-state index is 5.58. The first-order chi connectivity index (χ1) is 9.63. The van der Waals surface area contributed by atoms with Crippen LogP contribution in [0.4, 0.5) is 5.82 Å². The second kappa shape index (κ2) is 6.88. The van der Waals surface area contributed by atoms with Gasteiger partial charge in [-0.3, -0.25) is 0 Å². The summed E-state index contributed by atoms with van der Waals surface area (Å²) in [4.78, 5) is 11.1. The van der Waals surface area contributed by atoms with E-state index >= 15 is 0 Å². The fraction of sp³-hybridized carbons (Fsp3) is 0.733. The van der Waals surface area contributed by atoms with Crippen LogP contribution in [0, 0.1) is 6.92 Å². The van der Waals surface area contributed by atoms with Crippen molar-refractivity contribution < 1.29 is 4.74 Å². The van der Waals surface area contributed by atoms with Crippen LogP contribution >= 0.6 is 0 Å². The van der Waals surface area contributed by atoms with Crippen molar-refractivity contribution >= 4 is 5.82 Å². The second-order valence-corrected chi connectivity index (χ2v) is 5.60. The predicted molar refractivity (Wildman–Crippen MR) is 81.4 cm³/mol. The van der Waals surface area contributed by atoms with Crippen LogP contribution in [-0.2, 0) is 0 Å². The summed E-state index contributed by atoms with van der Waals surface area (Å²) in [5.41, 5.74) is 1.03. The summed E-state index contributed by atoms with van der Waals surface area (Å²) in [7, 11) is 0. The van der Waals surface area contributed by atoms with Gasteiger partial charge in [0, 0.05) is 18.6 Å². The first kappa shape index (κ1) is 15.0. The number of aromatic nitrogens is 2. The number of hydrogen-bond acceptors (Lipinski definition) is 5. The van der Waals surface area contributed by atoms with Gasteiger partial charge in [0.2, 0.25) is 5.88 Å². The Morgan fingerprint density at radius 3 is 2.85 bits per heavy atom. The van der Waals surface area contributed by atoms with Crippen molar-refractivity contribution in [2.24, 2.45) is 0 Å². The maximum Gasteiger partial charge on any atom is 0.221 e. The van der Waals surface area contributed by atoms with E-state index < -0.39 is 0 Å². The van der Waals surface area contributed by atoms with Gasteiger partial charge in [-0.15, -0.1) is 0 Å². The third-order valence-electron chi connectivity index (χ3n) is 3.77. The van der Waals surface area contributed by atoms with Crippen LogP contribution in [0.3, 0.4) is 0 Å². The molecule has 2 heterocycles. The summed E-state index contributed by atoms with van der Waals surface area (Å²) in [6, 6.07) is 0.961. The maximum atomic E-state index is 5.58. The van der Waals surface area contributed by atoms with Crippen molar-refractivity contribution in [3.05, 3.63) is 11.9 Å². The molecule has 1 aliphatic rings. The summed E-state index contributed by atoms with van der Waals surface area (Å²) in [5.74, 6) is 1.69. The molecule has 0 aliphatic carbocycles. The molecule has 1 aromatic rings. The van der Waals surface area contributed by atoms with Gasteiger partial charge in [0.1, 0.15) is 12.1 Å². The van der Waals surface area contributed by atoms with E-state index in [4.69, 9.17) is 4.74 Å². The van der Waals surface area contributed by atoms with Gasteiger partial charge in [-0.1, -0.05) is 0 Å². The molecular formula is C15H26N4O. The third-order valence-corrected chi connectivity index (χ3v) is 3.77. The fourth-order valence-electron chi connectivity index (χ4n) is 2.69. The van der Waals surface area contributed by atoms with Gasteiger partial charge in [0.15, 0.2) is 0 Å². The van der Waals surface area contributed by atoms with E-state index in [1.807, 2.05) is 13.8 Å². The molecule has 2 rings (SSSR count). The van der Waals surface area contributed by atoms with Crippen molar-refractivity contribution in [1.29, 1.82) is 0 Å². The van der Waals surface area contributed by atoms with Crippen LogP contribution in [-0.4, -0.2) is 41.7 Å². The largest absolute Gasteiger partial charge is 0.478 e. The molecule has 112 valence electrons. The Kier molecular flexibility index (Phi) is 5.17. The molecule has 0 spiro atoms. The number of nitrogens with zero attached hydrogens (tertiary/aromatic N) is 3. The minimum atomic E-state index is 0.403. The lowest BCUT2D eigenvalue weighted by atomic mass is 10.1. The van der Waals surface area contributed by atoms with Gasteiger partial charge in [-0.05, 0) is 47.1 Å². The van der Waals surface area contributed by atoms with Gasteiger partial charge >= 0.3 is 0 Å². The molecule has 1 saturated heterocycles. The van der Waals surface area contributed by atoms with Crippen LogP contribution in [0.5, 0.6) is 5.88 Å². The number of nitrogens with one attached hydrogen (secondary N) is 1. The summed E-state index contributed by atoms with van der Waals surface area (Å²) in [6.45, 7) is 11.2. The molecule has 0 bridgehead atoms. The van der Waals surface area contributed by atoms with E-state index in [0.29, 0.717) is 24.6 Å². The average Bonchev–Trinajstić information content (AvgIpc) is 2.92. The van der Waals surface area contributed by atoms with E-state index in [1.54, 1.807) is 6.33 Å². The molecule has 1 fully saturated rings. The molecule has 5 nitrogen and oxygen atoms in total. The molecule has 5 heteroatoms. The standard InChI is InChI=1S/C15H26N4O/c1-5-20-15-12(4)14(17-10-18-15)19(11(2)3)9-13-7-6-8-16-13/h10-11,13,16H,5-9H2,1-4H3. The Morgan fingerprint density at radius 2 is 2.25 bits per heavy atom. The van der Waals surface area contributed by atoms with Crippen LogP contribution < -0.4 is 15.0 Å². The molecule has 0 amide bonds. The topological polar surface area (TPSA) is 50.3 Å². The molecule has 1 aromatic heterocycles. The van der Waals surface area contributed by atoms with Gasteiger partial charge in [0.25, 0.3) is 0 Å². The zero-order valence-electron chi connectivity index (χ0n) is 13.0. The number of rotatable bonds is 6. The highest BCUT2D eigenvalue weighted by molar-refractivity contribution is 5.51. The minimum Gasteiger partial charge on any atom is -0.478 e. The summed E-state index contributed by atoms with van der Waals surface area (Å²) in [6.07, 6.45) is 4.11. The van der Waals surface area contributed by atoms with Crippen molar-refractivity contribution in [1.82, 2.24) is 15.3 Å². The van der Waals surface area contributed by atoms with Crippen molar-refractivity contribution in [2.45, 2.75) is 52.6 Å². The Balaban J connectivity index is 2.21. The molecule has 1 N–H and O–H groups in total. The summed E-state index contributed by atoms with van der Waals surface area (Å²) < 4.78 is 5.58. The number of ether oxygens (including phenoxy) is 1. The fourth-order valence-corrected chi connectivity index (χ4v) is 2.69. The van der Waals surface area contributed by atoms with Gasteiger partial charge in [-0.25, -0.2) is 9.97 Å². The van der Waals surface area contributed by atoms with Crippen molar-refractivity contribution in [3.8, 4) is 5.88 Å². The average molecular weight is 278 g/mol. The van der Waals surface area contributed by atoms with E-state index in [0.717, 1.165) is 24.5 Å². The number of anilines is 1. The molecule has 20 heavy (non-hydrogen) atoms. The zero-order valence-corrected chi connectivity index (χ0v) is 13.0. The van der Waals surface area contributed by atoms with E-state index in [1.165, 1.54) is 12.8 Å². The van der Waals surface area contributed by atoms with E-state index in [2.05, 4.69) is 34.0 Å². The lowest BCUT2D eigenvalue weighted by Gasteiger charge is -2.31. The SMILES string of the molecule is CCOc1ncnc(N(CC2CCCN2)C(C)C)c1C. The molecule has 1 unspecified atom stereocenters. The smallest absolute Gasteiger partial charge is 0.221 e. The Hall–Kier alpha value is -1.36. The lowest BCUT2D eigenvalue weighted by Crippen LogP contribution is -2.42. The van der Waals surface area contributed by atoms with Crippen molar-refractivity contribution in [3.63, 3.8) is 0 Å². The minimum absolute atomic E-state index is 0.403. The van der Waals surface area contributed by atoms with Crippen LogP contribution in [0.15, 0.2) is 6.33 Å². The molecule has 0 radical (unpaired) electrons. The van der Waals surface area contributed by atoms with Crippen LogP contribution in [0.25, 0.3) is 0 Å². The Bertz CT molecular complexity index is 430. The monoisotopic (exact) mass is 278 g/mol. The quantitative estimate of drug-likeness (QED) is 0.864. The van der Waals surface area contributed by atoms with E-state index in [9.17, 15) is 0 Å². The Labute approximate surface area is 121 Å². The van der Waals surface area contributed by atoms with Crippen molar-refractivity contribution in [2.75, 3.05) is 24.6 Å². The Morgan fingerprint density at radius 1 is 1.45 bits per heavy atom. The zero-order chi connectivity index (χ0) is 14.5. The highest BCUT2D eigenvalue weighted by Crippen LogP contribution is 2.26. The van der Waals surface area contributed by atoms with Crippen LogP contribution in [0.2, 0.25) is 0 Å². The molecule has 1 atom stereocenters. The van der Waals surface area contributed by atoms with E-state index in [-0.39, 0.29) is 0 Å². The third kappa shape index (κ3) is 3.39. The first-order valence-electron chi connectivity index (χ1n) is 7.57. The highest BCUT2D eigenvalue weighted by Gasteiger charge is 2.23. The molecule has 0 aromatic carbocycles. The first-order valence-corrected chi connectivity index (χ1v) is 7.57. The second-order valence-electron chi connectivity index (χ2n) is 5.60. The van der Waals surface area contributed by atoms with Crippen LogP contribution in [0.1, 0.15) is 39.2 Å². The highest BCUT2D eigenvalue weighted by atomic mass is 16.5. The van der Waals surface area contributed by atoms with Gasteiger partial charge < -0.3 is 15.0 Å². The normalized spacial score (nSPS) is 18.6. The molecule has 0 saturated carbocycles. The lowest BCUT2D eigenvalue weighted by molar-refractivity contribution is 0.323. The predicted octanol–water partition coefficient (Wildman–Crippen LogP) is 2.15. The molecule has 1 aliphatic heterocycles. The summed E-state index contributed by atoms with van der Waals surface area (Å²) in [5, 5.41) is 3.55. The van der Waals surface area contributed by atoms with Gasteiger partial charge in [-0.2, -0.15) is 0 Å². The summed E-state index contributed by atoms with van der Waals surface area (Å²) >= 11 is 0. The number of hydrogen-bond donors (Lipinski definition) is 1. The van der Waals surface area contributed by atoms with Gasteiger partial charge in [0.05, 0.1) is 12.2 Å². The molecular weight excluding hydrogens is 252 g/mol.